The van der Waals surface area contributed by atoms with E-state index in [0.717, 1.165) is 6.54 Å². The maximum atomic E-state index is 11.4. The molecule has 74 valence electrons. The van der Waals surface area contributed by atoms with Crippen molar-refractivity contribution in [2.75, 3.05) is 20.6 Å². The number of hydrogen-bond donors (Lipinski definition) is 0. The van der Waals surface area contributed by atoms with E-state index in [4.69, 9.17) is 0 Å². The van der Waals surface area contributed by atoms with Gasteiger partial charge in [0.25, 0.3) is 0 Å². The highest BCUT2D eigenvalue weighted by atomic mass is 16.5. The summed E-state index contributed by atoms with van der Waals surface area (Å²) in [6.45, 7) is 5.16. The zero-order valence-electron chi connectivity index (χ0n) is 8.97. The van der Waals surface area contributed by atoms with Crippen LogP contribution in [-0.2, 0) is 0 Å². The lowest BCUT2D eigenvalue weighted by atomic mass is 9.98. The van der Waals surface area contributed by atoms with Crippen LogP contribution in [0.15, 0.2) is 0 Å². The summed E-state index contributed by atoms with van der Waals surface area (Å²) in [6.07, 6.45) is 4.81. The molecule has 12 heavy (non-hydrogen) atoms. The normalized spacial score (nSPS) is 12.5. The van der Waals surface area contributed by atoms with Crippen LogP contribution in [0.2, 0.25) is 0 Å². The van der Waals surface area contributed by atoms with Crippen LogP contribution in [0.1, 0.15) is 39.5 Å². The Morgan fingerprint density at radius 1 is 1.08 bits per heavy atom. The number of rotatable bonds is 6. The Kier molecular flexibility index (Phi) is 5.51. The molecule has 2 heteroatoms. The monoisotopic (exact) mass is 173 g/mol. The summed E-state index contributed by atoms with van der Waals surface area (Å²) < 4.78 is -0.134. The van der Waals surface area contributed by atoms with Gasteiger partial charge in [0, 0.05) is 5.92 Å². The molecule has 0 fully saturated rings. The second-order valence-electron chi connectivity index (χ2n) is 4.20. The first-order chi connectivity index (χ1) is 5.49. The summed E-state index contributed by atoms with van der Waals surface area (Å²) in [5, 5.41) is 11.4. The van der Waals surface area contributed by atoms with Crippen molar-refractivity contribution in [1.29, 1.82) is 0 Å². The zero-order chi connectivity index (χ0) is 9.61. The fourth-order valence-electron chi connectivity index (χ4n) is 1.77. The highest BCUT2D eigenvalue weighted by Gasteiger charge is 2.13. The van der Waals surface area contributed by atoms with Gasteiger partial charge in [0.05, 0.1) is 20.6 Å². The predicted molar refractivity (Wildman–Crippen MR) is 53.6 cm³/mol. The molecule has 0 aromatic carbocycles. The minimum absolute atomic E-state index is 0.134. The van der Waals surface area contributed by atoms with E-state index in [0.29, 0.717) is 5.92 Å². The zero-order valence-corrected chi connectivity index (χ0v) is 8.97. The van der Waals surface area contributed by atoms with E-state index in [2.05, 4.69) is 13.8 Å². The van der Waals surface area contributed by atoms with E-state index >= 15 is 0 Å². The highest BCUT2D eigenvalue weighted by molar-refractivity contribution is 4.57. The Morgan fingerprint density at radius 3 is 1.75 bits per heavy atom. The fourth-order valence-corrected chi connectivity index (χ4v) is 1.77. The van der Waals surface area contributed by atoms with Crippen molar-refractivity contribution in [3.05, 3.63) is 5.21 Å². The molecule has 0 amide bonds. The van der Waals surface area contributed by atoms with Gasteiger partial charge in [-0.25, -0.2) is 0 Å². The molecule has 0 N–H and O–H groups in total. The fraction of sp³-hybridized carbons (Fsp3) is 1.00. The molecule has 2 nitrogen and oxygen atoms in total. The largest absolute Gasteiger partial charge is 0.633 e. The van der Waals surface area contributed by atoms with Crippen LogP contribution in [0.25, 0.3) is 0 Å². The molecule has 0 radical (unpaired) electrons. The third-order valence-corrected chi connectivity index (χ3v) is 2.09. The minimum Gasteiger partial charge on any atom is -0.633 e. The molecule has 0 aliphatic carbocycles. The van der Waals surface area contributed by atoms with E-state index in [1.54, 1.807) is 14.1 Å². The summed E-state index contributed by atoms with van der Waals surface area (Å²) in [7, 11) is 3.47. The molecule has 0 aliphatic rings. The second kappa shape index (κ2) is 5.55. The standard InChI is InChI=1S/C10H23NO/c1-5-7-10(8-6-2)9-11(3,4)12/h10H,5-9H2,1-4H3. The Balaban J connectivity index is 3.77. The maximum absolute atomic E-state index is 11.4. The van der Waals surface area contributed by atoms with E-state index in [9.17, 15) is 5.21 Å². The van der Waals surface area contributed by atoms with Crippen molar-refractivity contribution in [2.45, 2.75) is 39.5 Å². The molecule has 0 atom stereocenters. The van der Waals surface area contributed by atoms with Gasteiger partial charge in [0.15, 0.2) is 0 Å². The van der Waals surface area contributed by atoms with Crippen LogP contribution in [0.5, 0.6) is 0 Å². The van der Waals surface area contributed by atoms with Crippen molar-refractivity contribution in [3.63, 3.8) is 0 Å². The lowest BCUT2D eigenvalue weighted by Crippen LogP contribution is -2.37. The van der Waals surface area contributed by atoms with Crippen LogP contribution in [0.4, 0.5) is 0 Å². The van der Waals surface area contributed by atoms with Gasteiger partial charge in [0.1, 0.15) is 0 Å². The molecule has 0 bridgehead atoms. The quantitative estimate of drug-likeness (QED) is 0.447. The topological polar surface area (TPSA) is 23.1 Å². The Hall–Kier alpha value is -0.0800. The Morgan fingerprint density at radius 2 is 1.50 bits per heavy atom. The molecule has 0 rings (SSSR count). The van der Waals surface area contributed by atoms with Crippen molar-refractivity contribution >= 4 is 0 Å². The third kappa shape index (κ3) is 6.62. The number of quaternary nitrogens is 1. The number of nitrogens with zero attached hydrogens (tertiary/aromatic N) is 1. The molecule has 0 aliphatic heterocycles. The van der Waals surface area contributed by atoms with E-state index < -0.39 is 0 Å². The van der Waals surface area contributed by atoms with Crippen LogP contribution in [0.3, 0.4) is 0 Å². The SMILES string of the molecule is CCCC(CCC)C[N+](C)(C)[O-]. The summed E-state index contributed by atoms with van der Waals surface area (Å²) in [4.78, 5) is 0. The van der Waals surface area contributed by atoms with Gasteiger partial charge in [-0.1, -0.05) is 26.7 Å². The molecule has 0 saturated heterocycles. The first-order valence-electron chi connectivity index (χ1n) is 5.03. The lowest BCUT2D eigenvalue weighted by molar-refractivity contribution is -0.843. The second-order valence-corrected chi connectivity index (χ2v) is 4.20. The lowest BCUT2D eigenvalue weighted by Gasteiger charge is -2.37. The van der Waals surface area contributed by atoms with E-state index in [1.807, 2.05) is 0 Å². The summed E-state index contributed by atoms with van der Waals surface area (Å²) in [5.41, 5.74) is 0. The average Bonchev–Trinajstić information content (AvgIpc) is 1.84. The number of hydroxylamine groups is 3. The molecule has 0 aromatic heterocycles. The smallest absolute Gasteiger partial charge is 0.0808 e. The molecule has 0 aromatic rings. The van der Waals surface area contributed by atoms with Crippen LogP contribution >= 0.6 is 0 Å². The van der Waals surface area contributed by atoms with Crippen LogP contribution < -0.4 is 0 Å². The molecule has 0 heterocycles. The molecule has 0 spiro atoms. The van der Waals surface area contributed by atoms with E-state index in [-0.39, 0.29) is 4.65 Å². The average molecular weight is 173 g/mol. The molecule has 0 saturated carbocycles. The number of hydrogen-bond acceptors (Lipinski definition) is 1. The summed E-state index contributed by atoms with van der Waals surface area (Å²) in [5.74, 6) is 0.632. The molecular formula is C10H23NO. The first kappa shape index (κ1) is 11.9. The highest BCUT2D eigenvalue weighted by Crippen LogP contribution is 2.16. The van der Waals surface area contributed by atoms with Crippen molar-refractivity contribution in [3.8, 4) is 0 Å². The summed E-state index contributed by atoms with van der Waals surface area (Å²) >= 11 is 0. The van der Waals surface area contributed by atoms with E-state index in [1.165, 1.54) is 25.7 Å². The predicted octanol–water partition coefficient (Wildman–Crippen LogP) is 2.78. The van der Waals surface area contributed by atoms with Gasteiger partial charge in [-0.05, 0) is 12.8 Å². The molecular weight excluding hydrogens is 150 g/mol. The van der Waals surface area contributed by atoms with Crippen LogP contribution in [-0.4, -0.2) is 25.3 Å². The van der Waals surface area contributed by atoms with Gasteiger partial charge < -0.3 is 9.85 Å². The van der Waals surface area contributed by atoms with Gasteiger partial charge >= 0.3 is 0 Å². The van der Waals surface area contributed by atoms with Crippen molar-refractivity contribution in [2.24, 2.45) is 5.92 Å². The van der Waals surface area contributed by atoms with Gasteiger partial charge in [-0.15, -0.1) is 0 Å². The molecule has 0 unspecified atom stereocenters. The summed E-state index contributed by atoms with van der Waals surface area (Å²) in [6, 6.07) is 0. The van der Waals surface area contributed by atoms with Crippen LogP contribution in [0, 0.1) is 11.1 Å². The van der Waals surface area contributed by atoms with Gasteiger partial charge in [-0.2, -0.15) is 0 Å². The van der Waals surface area contributed by atoms with Gasteiger partial charge in [0.2, 0.25) is 0 Å². The maximum Gasteiger partial charge on any atom is 0.0808 e. The third-order valence-electron chi connectivity index (χ3n) is 2.09. The first-order valence-corrected chi connectivity index (χ1v) is 5.03. The Labute approximate surface area is 76.7 Å². The Bertz CT molecular complexity index is 101. The van der Waals surface area contributed by atoms with Crippen molar-refractivity contribution in [1.82, 2.24) is 0 Å². The van der Waals surface area contributed by atoms with Gasteiger partial charge in [-0.3, -0.25) is 0 Å². The van der Waals surface area contributed by atoms with Crippen molar-refractivity contribution < 1.29 is 4.65 Å². The minimum atomic E-state index is -0.134.